The van der Waals surface area contributed by atoms with E-state index in [2.05, 4.69) is 52.7 Å². The molecule has 0 bridgehead atoms. The van der Waals surface area contributed by atoms with Gasteiger partial charge in [0.15, 0.2) is 0 Å². The van der Waals surface area contributed by atoms with Crippen LogP contribution < -0.4 is 0 Å². The van der Waals surface area contributed by atoms with Crippen LogP contribution in [0, 0.1) is 0 Å². The molecule has 0 amide bonds. The minimum Gasteiger partial charge on any atom is -0.376 e. The molecule has 1 atom stereocenters. The Morgan fingerprint density at radius 2 is 0.875 bits per heavy atom. The van der Waals surface area contributed by atoms with Crippen molar-refractivity contribution in [3.63, 3.8) is 0 Å². The molecule has 7 heteroatoms. The molecule has 0 spiro atoms. The van der Waals surface area contributed by atoms with Crippen LogP contribution in [0.5, 0.6) is 0 Å². The zero-order valence-electron chi connectivity index (χ0n) is 18.0. The molecule has 0 aliphatic rings. The predicted octanol–water partition coefficient (Wildman–Crippen LogP) is 5.10. The summed E-state index contributed by atoms with van der Waals surface area (Å²) in [5, 5.41) is 0. The van der Waals surface area contributed by atoms with Gasteiger partial charge < -0.3 is 17.5 Å². The first-order valence-electron chi connectivity index (χ1n) is 9.77. The molecule has 4 nitrogen and oxygen atoms in total. The van der Waals surface area contributed by atoms with Crippen molar-refractivity contribution in [1.29, 1.82) is 0 Å². The maximum atomic E-state index is 5.93. The smallest absolute Gasteiger partial charge is 0.376 e. The first-order chi connectivity index (χ1) is 11.3. The molecule has 0 aliphatic heterocycles. The quantitative estimate of drug-likeness (QED) is 0.407. The fourth-order valence-electron chi connectivity index (χ4n) is 4.77. The summed E-state index contributed by atoms with van der Waals surface area (Å²) in [4.78, 5) is 0. The highest BCUT2D eigenvalue weighted by atomic mass is 28.4. The van der Waals surface area contributed by atoms with Crippen molar-refractivity contribution in [2.75, 3.05) is 21.3 Å². The number of hydrogen-bond acceptors (Lipinski definition) is 4. The van der Waals surface area contributed by atoms with E-state index in [1.807, 2.05) is 0 Å². The first-order valence-corrected chi connectivity index (χ1v) is 16.7. The van der Waals surface area contributed by atoms with Crippen molar-refractivity contribution in [2.24, 2.45) is 0 Å². The molecule has 0 radical (unpaired) electrons. The molecule has 0 aliphatic carbocycles. The van der Waals surface area contributed by atoms with E-state index >= 15 is 0 Å². The van der Waals surface area contributed by atoms with Crippen LogP contribution in [0.4, 0.5) is 0 Å². The van der Waals surface area contributed by atoms with Crippen LogP contribution in [0.2, 0.25) is 36.3 Å². The third-order valence-corrected chi connectivity index (χ3v) is 23.8. The van der Waals surface area contributed by atoms with Crippen molar-refractivity contribution in [1.82, 2.24) is 4.23 Å². The fourth-order valence-corrected chi connectivity index (χ4v) is 22.8. The van der Waals surface area contributed by atoms with E-state index in [0.717, 1.165) is 0 Å². The third-order valence-electron chi connectivity index (χ3n) is 6.72. The summed E-state index contributed by atoms with van der Waals surface area (Å²) in [6, 6.07) is 7.75. The summed E-state index contributed by atoms with van der Waals surface area (Å²) in [5.74, 6) is 0. The van der Waals surface area contributed by atoms with Crippen molar-refractivity contribution in [3.8, 4) is 0 Å². The van der Waals surface area contributed by atoms with Gasteiger partial charge in [0.05, 0.1) is 5.67 Å². The van der Waals surface area contributed by atoms with Gasteiger partial charge in [0.25, 0.3) is 0 Å². The zero-order chi connectivity index (χ0) is 19.0. The van der Waals surface area contributed by atoms with Gasteiger partial charge in [0, 0.05) is 21.3 Å². The Hall–Kier alpha value is 0.491. The van der Waals surface area contributed by atoms with Gasteiger partial charge in [0.2, 0.25) is 0 Å². The molecule has 0 aromatic carbocycles. The van der Waals surface area contributed by atoms with Gasteiger partial charge in [-0.05, 0) is 43.2 Å². The van der Waals surface area contributed by atoms with Crippen molar-refractivity contribution in [3.05, 3.63) is 0 Å². The molecule has 0 N–H and O–H groups in total. The van der Waals surface area contributed by atoms with Crippen LogP contribution in [-0.4, -0.2) is 56.5 Å². The number of rotatable bonds is 13. The average Bonchev–Trinajstić information content (AvgIpc) is 2.65. The summed E-state index contributed by atoms with van der Waals surface area (Å²) < 4.78 is 20.8. The van der Waals surface area contributed by atoms with Gasteiger partial charge in [-0.1, -0.05) is 41.5 Å². The van der Waals surface area contributed by atoms with Crippen molar-refractivity contribution in [2.45, 2.75) is 90.4 Å². The molecule has 1 unspecified atom stereocenters. The van der Waals surface area contributed by atoms with Gasteiger partial charge in [-0.3, -0.25) is 0 Å². The molecule has 0 saturated carbocycles. The standard InChI is InChI=1S/C17H43NO3Si3/c1-11-22(12-2,13-3)18(23(14-4,15-5)16-6)17(7)24(19-8,20-9)21-10/h17H,11-16H2,1-10H3. The lowest BCUT2D eigenvalue weighted by molar-refractivity contribution is 0.103. The summed E-state index contributed by atoms with van der Waals surface area (Å²) in [7, 11) is -0.586. The number of nitrogens with zero attached hydrogens (tertiary/aromatic N) is 1. The monoisotopic (exact) mass is 393 g/mol. The van der Waals surface area contributed by atoms with Crippen LogP contribution >= 0.6 is 0 Å². The Morgan fingerprint density at radius 1 is 0.625 bits per heavy atom. The lowest BCUT2D eigenvalue weighted by Crippen LogP contribution is -2.75. The van der Waals surface area contributed by atoms with E-state index in [1.165, 1.54) is 36.3 Å². The molecule has 0 saturated heterocycles. The Kier molecular flexibility index (Phi) is 10.8. The maximum absolute atomic E-state index is 5.93. The zero-order valence-corrected chi connectivity index (χ0v) is 21.0. The lowest BCUT2D eigenvalue weighted by atomic mass is 10.8. The minimum atomic E-state index is -2.71. The molecular weight excluding hydrogens is 350 g/mol. The lowest BCUT2D eigenvalue weighted by Gasteiger charge is -2.56. The molecule has 0 rings (SSSR count). The van der Waals surface area contributed by atoms with E-state index < -0.39 is 25.3 Å². The van der Waals surface area contributed by atoms with Crippen molar-refractivity contribution < 1.29 is 13.3 Å². The molecule has 146 valence electrons. The molecule has 0 fully saturated rings. The van der Waals surface area contributed by atoms with Crippen LogP contribution in [0.3, 0.4) is 0 Å². The van der Waals surface area contributed by atoms with Gasteiger partial charge in [-0.15, -0.1) is 0 Å². The summed E-state index contributed by atoms with van der Waals surface area (Å²) >= 11 is 0. The van der Waals surface area contributed by atoms with E-state index in [0.29, 0.717) is 0 Å². The first kappa shape index (κ1) is 24.5. The van der Waals surface area contributed by atoms with Gasteiger partial charge >= 0.3 is 8.80 Å². The normalized spacial score (nSPS) is 15.1. The van der Waals surface area contributed by atoms with E-state index in [4.69, 9.17) is 13.3 Å². The largest absolute Gasteiger partial charge is 0.516 e. The second kappa shape index (κ2) is 10.6. The van der Waals surface area contributed by atoms with Crippen LogP contribution in [0.15, 0.2) is 0 Å². The average molecular weight is 394 g/mol. The SMILES string of the molecule is CC[Si](CC)(CC)N(C(C)[Si](OC)(OC)OC)[Si](CC)(CC)CC. The summed E-state index contributed by atoms with van der Waals surface area (Å²) in [6.07, 6.45) is 0. The molecular formula is C17H43NO3Si3. The van der Waals surface area contributed by atoms with Gasteiger partial charge in [-0.25, -0.2) is 0 Å². The molecule has 0 aromatic rings. The molecule has 24 heavy (non-hydrogen) atoms. The Morgan fingerprint density at radius 3 is 1.04 bits per heavy atom. The Balaban J connectivity index is 6.43. The molecule has 0 heterocycles. The van der Waals surface area contributed by atoms with E-state index in [9.17, 15) is 0 Å². The second-order valence-corrected chi connectivity index (χ2v) is 20.7. The minimum absolute atomic E-state index is 0.232. The predicted molar refractivity (Wildman–Crippen MR) is 112 cm³/mol. The highest BCUT2D eigenvalue weighted by Gasteiger charge is 2.57. The van der Waals surface area contributed by atoms with E-state index in [1.54, 1.807) is 21.3 Å². The van der Waals surface area contributed by atoms with Crippen LogP contribution in [0.1, 0.15) is 48.5 Å². The van der Waals surface area contributed by atoms with Gasteiger partial charge in [0.1, 0.15) is 16.5 Å². The van der Waals surface area contributed by atoms with Crippen molar-refractivity contribution >= 4 is 25.3 Å². The van der Waals surface area contributed by atoms with E-state index in [-0.39, 0.29) is 5.67 Å². The summed E-state index contributed by atoms with van der Waals surface area (Å²) in [6.45, 7) is 16.7. The topological polar surface area (TPSA) is 30.9 Å². The van der Waals surface area contributed by atoms with Crippen LogP contribution in [-0.2, 0) is 13.3 Å². The van der Waals surface area contributed by atoms with Crippen LogP contribution in [0.25, 0.3) is 0 Å². The van der Waals surface area contributed by atoms with Gasteiger partial charge in [-0.2, -0.15) is 0 Å². The second-order valence-electron chi connectivity index (χ2n) is 6.83. The number of hydrogen-bond donors (Lipinski definition) is 0. The fraction of sp³-hybridized carbons (Fsp3) is 1.00. The highest BCUT2D eigenvalue weighted by Crippen LogP contribution is 2.39. The Labute approximate surface area is 154 Å². The summed E-state index contributed by atoms with van der Waals surface area (Å²) in [5.41, 5.74) is 0.232. The third kappa shape index (κ3) is 4.24. The Bertz CT molecular complexity index is 301. The maximum Gasteiger partial charge on any atom is 0.516 e. The highest BCUT2D eigenvalue weighted by molar-refractivity contribution is 6.94. The molecule has 0 aromatic heterocycles.